The van der Waals surface area contributed by atoms with Crippen LogP contribution in [0.1, 0.15) is 19.4 Å². The van der Waals surface area contributed by atoms with E-state index in [1.54, 1.807) is 12.1 Å². The second-order valence-corrected chi connectivity index (χ2v) is 6.85. The molecule has 0 spiro atoms. The smallest absolute Gasteiger partial charge is 0.227 e. The first-order valence-corrected chi connectivity index (χ1v) is 8.19. The van der Waals surface area contributed by atoms with Crippen molar-refractivity contribution in [3.8, 4) is 0 Å². The summed E-state index contributed by atoms with van der Waals surface area (Å²) < 4.78 is 13.6. The Morgan fingerprint density at radius 3 is 2.52 bits per heavy atom. The van der Waals surface area contributed by atoms with Crippen LogP contribution in [0.25, 0.3) is 0 Å². The molecular formula is C16H22BrFN2O. The highest BCUT2D eigenvalue weighted by atomic mass is 79.9. The van der Waals surface area contributed by atoms with Crippen LogP contribution in [-0.2, 0) is 11.2 Å². The molecule has 1 aliphatic rings. The minimum Gasteiger partial charge on any atom is -0.340 e. The molecule has 0 unspecified atom stereocenters. The van der Waals surface area contributed by atoms with Crippen LogP contribution < -0.4 is 0 Å². The summed E-state index contributed by atoms with van der Waals surface area (Å²) >= 11 is 3.16. The maximum atomic E-state index is 13.2. The van der Waals surface area contributed by atoms with Gasteiger partial charge in [0, 0.05) is 32.7 Å². The highest BCUT2D eigenvalue weighted by Gasteiger charge is 2.21. The van der Waals surface area contributed by atoms with Crippen molar-refractivity contribution in [1.82, 2.24) is 9.80 Å². The summed E-state index contributed by atoms with van der Waals surface area (Å²) in [7, 11) is 0. The number of carbonyl (C=O) groups excluding carboxylic acids is 1. The number of halogens is 2. The molecule has 2 rings (SSSR count). The fourth-order valence-electron chi connectivity index (χ4n) is 2.63. The zero-order valence-electron chi connectivity index (χ0n) is 12.6. The van der Waals surface area contributed by atoms with Crippen molar-refractivity contribution in [3.05, 3.63) is 34.1 Å². The Kier molecular flexibility index (Phi) is 5.76. The average molecular weight is 357 g/mol. The fraction of sp³-hybridized carbons (Fsp3) is 0.562. The third-order valence-electron chi connectivity index (χ3n) is 3.69. The second kappa shape index (κ2) is 7.36. The third kappa shape index (κ3) is 4.78. The number of nitrogens with zero attached hydrogens (tertiary/aromatic N) is 2. The molecule has 0 radical (unpaired) electrons. The molecule has 5 heteroatoms. The first kappa shape index (κ1) is 16.4. The normalized spacial score (nSPS) is 16.5. The van der Waals surface area contributed by atoms with Crippen molar-refractivity contribution in [2.75, 3.05) is 32.7 Å². The quantitative estimate of drug-likeness (QED) is 0.827. The van der Waals surface area contributed by atoms with Crippen molar-refractivity contribution in [2.24, 2.45) is 5.92 Å². The van der Waals surface area contributed by atoms with Gasteiger partial charge in [-0.3, -0.25) is 9.69 Å². The Morgan fingerprint density at radius 2 is 1.95 bits per heavy atom. The lowest BCUT2D eigenvalue weighted by Crippen LogP contribution is -2.49. The molecule has 0 aliphatic carbocycles. The zero-order chi connectivity index (χ0) is 15.4. The number of benzene rings is 1. The van der Waals surface area contributed by atoms with Gasteiger partial charge in [-0.1, -0.05) is 19.9 Å². The van der Waals surface area contributed by atoms with E-state index in [0.29, 0.717) is 16.8 Å². The molecule has 0 aromatic heterocycles. The van der Waals surface area contributed by atoms with Gasteiger partial charge in [0.15, 0.2) is 0 Å². The van der Waals surface area contributed by atoms with Crippen molar-refractivity contribution < 1.29 is 9.18 Å². The van der Waals surface area contributed by atoms with Gasteiger partial charge in [0.25, 0.3) is 0 Å². The lowest BCUT2D eigenvalue weighted by molar-refractivity contribution is -0.132. The molecule has 0 saturated carbocycles. The van der Waals surface area contributed by atoms with Crippen molar-refractivity contribution in [1.29, 1.82) is 0 Å². The molecule has 116 valence electrons. The fourth-order valence-corrected chi connectivity index (χ4v) is 3.06. The first-order chi connectivity index (χ1) is 9.95. The standard InChI is InChI=1S/C16H22BrFN2O/c1-12(2)11-19-5-7-20(8-6-19)16(21)10-13-3-4-15(18)14(17)9-13/h3-4,9,12H,5-8,10-11H2,1-2H3. The van der Waals surface area contributed by atoms with E-state index < -0.39 is 0 Å². The van der Waals surface area contributed by atoms with Crippen LogP contribution in [0.2, 0.25) is 0 Å². The van der Waals surface area contributed by atoms with Gasteiger partial charge >= 0.3 is 0 Å². The van der Waals surface area contributed by atoms with Crippen LogP contribution >= 0.6 is 15.9 Å². The molecule has 1 aromatic rings. The molecule has 1 aliphatic heterocycles. The van der Waals surface area contributed by atoms with E-state index in [-0.39, 0.29) is 11.7 Å². The van der Waals surface area contributed by atoms with E-state index in [0.717, 1.165) is 38.3 Å². The molecule has 0 bridgehead atoms. The van der Waals surface area contributed by atoms with Crippen LogP contribution in [0.15, 0.2) is 22.7 Å². The van der Waals surface area contributed by atoms with Gasteiger partial charge in [0.2, 0.25) is 5.91 Å². The summed E-state index contributed by atoms with van der Waals surface area (Å²) in [5.74, 6) is 0.482. The van der Waals surface area contributed by atoms with Gasteiger partial charge < -0.3 is 4.90 Å². The van der Waals surface area contributed by atoms with E-state index in [1.165, 1.54) is 6.07 Å². The number of amides is 1. The van der Waals surface area contributed by atoms with Gasteiger partial charge in [-0.05, 0) is 39.5 Å². The Hall–Kier alpha value is -0.940. The SMILES string of the molecule is CC(C)CN1CCN(C(=O)Cc2ccc(F)c(Br)c2)CC1. The minimum absolute atomic E-state index is 0.123. The number of rotatable bonds is 4. The topological polar surface area (TPSA) is 23.6 Å². The molecule has 0 atom stereocenters. The Morgan fingerprint density at radius 1 is 1.29 bits per heavy atom. The van der Waals surface area contributed by atoms with Gasteiger partial charge in [-0.2, -0.15) is 0 Å². The summed E-state index contributed by atoms with van der Waals surface area (Å²) in [5, 5.41) is 0. The number of hydrogen-bond donors (Lipinski definition) is 0. The Labute approximate surface area is 134 Å². The zero-order valence-corrected chi connectivity index (χ0v) is 14.2. The monoisotopic (exact) mass is 356 g/mol. The largest absolute Gasteiger partial charge is 0.340 e. The van der Waals surface area contributed by atoms with Crippen LogP contribution in [0.5, 0.6) is 0 Å². The van der Waals surface area contributed by atoms with Gasteiger partial charge in [0.05, 0.1) is 10.9 Å². The predicted molar refractivity (Wildman–Crippen MR) is 85.7 cm³/mol. The molecule has 1 aromatic carbocycles. The highest BCUT2D eigenvalue weighted by molar-refractivity contribution is 9.10. The molecular weight excluding hydrogens is 335 g/mol. The summed E-state index contributed by atoms with van der Waals surface area (Å²) in [6, 6.07) is 4.75. The van der Waals surface area contributed by atoms with Crippen LogP contribution in [0, 0.1) is 11.7 Å². The van der Waals surface area contributed by atoms with E-state index >= 15 is 0 Å². The van der Waals surface area contributed by atoms with E-state index in [9.17, 15) is 9.18 Å². The van der Waals surface area contributed by atoms with Gasteiger partial charge in [0.1, 0.15) is 5.82 Å². The summed E-state index contributed by atoms with van der Waals surface area (Å²) in [6.07, 6.45) is 0.336. The maximum Gasteiger partial charge on any atom is 0.227 e. The van der Waals surface area contributed by atoms with Crippen molar-refractivity contribution in [3.63, 3.8) is 0 Å². The van der Waals surface area contributed by atoms with Crippen LogP contribution in [0.4, 0.5) is 4.39 Å². The molecule has 1 saturated heterocycles. The number of carbonyl (C=O) groups is 1. The van der Waals surface area contributed by atoms with E-state index in [2.05, 4.69) is 34.7 Å². The van der Waals surface area contributed by atoms with Crippen molar-refractivity contribution in [2.45, 2.75) is 20.3 Å². The number of hydrogen-bond acceptors (Lipinski definition) is 2. The first-order valence-electron chi connectivity index (χ1n) is 7.39. The molecule has 21 heavy (non-hydrogen) atoms. The van der Waals surface area contributed by atoms with E-state index in [4.69, 9.17) is 0 Å². The van der Waals surface area contributed by atoms with E-state index in [1.807, 2.05) is 4.90 Å². The maximum absolute atomic E-state index is 13.2. The summed E-state index contributed by atoms with van der Waals surface area (Å²) in [5.41, 5.74) is 0.845. The molecule has 0 N–H and O–H groups in total. The molecule has 3 nitrogen and oxygen atoms in total. The third-order valence-corrected chi connectivity index (χ3v) is 4.30. The molecule has 1 heterocycles. The summed E-state index contributed by atoms with van der Waals surface area (Å²) in [4.78, 5) is 16.6. The number of piperazine rings is 1. The van der Waals surface area contributed by atoms with Crippen molar-refractivity contribution >= 4 is 21.8 Å². The molecule has 1 amide bonds. The second-order valence-electron chi connectivity index (χ2n) is 6.00. The van der Waals surface area contributed by atoms with Gasteiger partial charge in [-0.15, -0.1) is 0 Å². The Balaban J connectivity index is 1.86. The van der Waals surface area contributed by atoms with Crippen LogP contribution in [0.3, 0.4) is 0 Å². The predicted octanol–water partition coefficient (Wildman–Crippen LogP) is 2.93. The average Bonchev–Trinajstić information content (AvgIpc) is 2.43. The lowest BCUT2D eigenvalue weighted by Gasteiger charge is -2.35. The molecule has 1 fully saturated rings. The van der Waals surface area contributed by atoms with Gasteiger partial charge in [-0.25, -0.2) is 4.39 Å². The Bertz CT molecular complexity index is 499. The summed E-state index contributed by atoms with van der Waals surface area (Å²) in [6.45, 7) is 8.97. The minimum atomic E-state index is -0.298. The lowest BCUT2D eigenvalue weighted by atomic mass is 10.1. The van der Waals surface area contributed by atoms with Crippen LogP contribution in [-0.4, -0.2) is 48.4 Å². The highest BCUT2D eigenvalue weighted by Crippen LogP contribution is 2.18.